The van der Waals surface area contributed by atoms with Crippen LogP contribution in [0.15, 0.2) is 0 Å². The molecule has 0 unspecified atom stereocenters. The Hall–Kier alpha value is -0.240. The molecule has 6 heteroatoms. The number of methoxy groups -OCH3 is 4. The number of rotatable bonds is 13. The van der Waals surface area contributed by atoms with Gasteiger partial charge in [-0.3, -0.25) is 0 Å². The predicted octanol–water partition coefficient (Wildman–Crippen LogP) is 0.574. The minimum Gasteiger partial charge on any atom is -0.396 e. The van der Waals surface area contributed by atoms with Crippen molar-refractivity contribution in [2.75, 3.05) is 74.7 Å². The highest BCUT2D eigenvalue weighted by Gasteiger charge is 2.32. The first-order valence-corrected chi connectivity index (χ1v) is 6.66. The van der Waals surface area contributed by atoms with Crippen LogP contribution in [-0.4, -0.2) is 79.8 Å². The molecule has 0 aliphatic carbocycles. The summed E-state index contributed by atoms with van der Waals surface area (Å²) in [4.78, 5) is 0. The Bertz CT molecular complexity index is 222. The third-order valence-electron chi connectivity index (χ3n) is 3.08. The molecule has 0 aliphatic heterocycles. The van der Waals surface area contributed by atoms with Gasteiger partial charge in [0.05, 0.1) is 51.7 Å². The van der Waals surface area contributed by atoms with Gasteiger partial charge in [0, 0.05) is 33.9 Å². The molecule has 0 saturated carbocycles. The van der Waals surface area contributed by atoms with E-state index in [-0.39, 0.29) is 12.0 Å². The van der Waals surface area contributed by atoms with Crippen LogP contribution >= 0.6 is 0 Å². The maximum atomic E-state index is 9.59. The fourth-order valence-corrected chi connectivity index (χ4v) is 2.21. The average molecular weight is 294 g/mol. The van der Waals surface area contributed by atoms with Crippen molar-refractivity contribution in [3.05, 3.63) is 0 Å². The quantitative estimate of drug-likeness (QED) is 0.536. The van der Waals surface area contributed by atoms with Crippen molar-refractivity contribution in [3.63, 3.8) is 0 Å². The standard InChI is InChI=1S/C14H30O6/c1-13(7-16-2,8-17-3)9-20-12-14(6-15,10-18-4)11-19-5/h15H,6-12H2,1-5H3. The molecule has 0 aliphatic rings. The summed E-state index contributed by atoms with van der Waals surface area (Å²) in [7, 11) is 6.50. The highest BCUT2D eigenvalue weighted by molar-refractivity contribution is 4.79. The van der Waals surface area contributed by atoms with E-state index in [9.17, 15) is 5.11 Å². The van der Waals surface area contributed by atoms with Crippen molar-refractivity contribution >= 4 is 0 Å². The highest BCUT2D eigenvalue weighted by atomic mass is 16.5. The summed E-state index contributed by atoms with van der Waals surface area (Å²) >= 11 is 0. The van der Waals surface area contributed by atoms with Crippen molar-refractivity contribution < 1.29 is 28.8 Å². The van der Waals surface area contributed by atoms with Gasteiger partial charge in [-0.05, 0) is 0 Å². The molecule has 0 rings (SSSR count). The molecule has 122 valence electrons. The van der Waals surface area contributed by atoms with Crippen molar-refractivity contribution in [2.24, 2.45) is 10.8 Å². The van der Waals surface area contributed by atoms with Crippen LogP contribution in [0.2, 0.25) is 0 Å². The number of aliphatic hydroxyl groups is 1. The molecule has 0 saturated heterocycles. The molecule has 20 heavy (non-hydrogen) atoms. The summed E-state index contributed by atoms with van der Waals surface area (Å²) in [6, 6.07) is 0. The Morgan fingerprint density at radius 1 is 0.700 bits per heavy atom. The second kappa shape index (κ2) is 10.5. The van der Waals surface area contributed by atoms with E-state index in [0.29, 0.717) is 39.6 Å². The van der Waals surface area contributed by atoms with Gasteiger partial charge in [-0.15, -0.1) is 0 Å². The minimum atomic E-state index is -0.537. The van der Waals surface area contributed by atoms with E-state index in [1.54, 1.807) is 28.4 Å². The summed E-state index contributed by atoms with van der Waals surface area (Å²) in [6.45, 7) is 4.65. The molecule has 0 radical (unpaired) electrons. The zero-order valence-corrected chi connectivity index (χ0v) is 13.4. The Balaban J connectivity index is 4.45. The molecule has 0 bridgehead atoms. The minimum absolute atomic E-state index is 0.0556. The third-order valence-corrected chi connectivity index (χ3v) is 3.08. The van der Waals surface area contributed by atoms with E-state index in [1.165, 1.54) is 0 Å². The summed E-state index contributed by atoms with van der Waals surface area (Å²) in [6.07, 6.45) is 0. The zero-order chi connectivity index (χ0) is 15.5. The molecular formula is C14H30O6. The van der Waals surface area contributed by atoms with Gasteiger partial charge in [-0.25, -0.2) is 0 Å². The molecule has 0 heterocycles. The van der Waals surface area contributed by atoms with E-state index in [4.69, 9.17) is 23.7 Å². The van der Waals surface area contributed by atoms with Crippen LogP contribution in [0.4, 0.5) is 0 Å². The second-order valence-corrected chi connectivity index (χ2v) is 5.69. The van der Waals surface area contributed by atoms with Gasteiger partial charge in [0.15, 0.2) is 0 Å². The summed E-state index contributed by atoms with van der Waals surface area (Å²) in [5, 5.41) is 9.59. The van der Waals surface area contributed by atoms with Crippen LogP contribution in [0.5, 0.6) is 0 Å². The Labute approximate surface area is 122 Å². The number of hydrogen-bond acceptors (Lipinski definition) is 6. The van der Waals surface area contributed by atoms with E-state index in [2.05, 4.69) is 0 Å². The van der Waals surface area contributed by atoms with Crippen LogP contribution in [0, 0.1) is 10.8 Å². The largest absolute Gasteiger partial charge is 0.396 e. The molecule has 0 aromatic rings. The summed E-state index contributed by atoms with van der Waals surface area (Å²) in [5.41, 5.74) is -0.755. The van der Waals surface area contributed by atoms with Crippen LogP contribution in [0.3, 0.4) is 0 Å². The Morgan fingerprint density at radius 3 is 1.50 bits per heavy atom. The molecular weight excluding hydrogens is 264 g/mol. The normalized spacial score (nSPS) is 12.9. The van der Waals surface area contributed by atoms with Crippen molar-refractivity contribution in [1.82, 2.24) is 0 Å². The first kappa shape index (κ1) is 19.8. The lowest BCUT2D eigenvalue weighted by atomic mass is 9.91. The maximum Gasteiger partial charge on any atom is 0.0634 e. The maximum absolute atomic E-state index is 9.59. The summed E-state index contributed by atoms with van der Waals surface area (Å²) in [5.74, 6) is 0. The van der Waals surface area contributed by atoms with E-state index in [1.807, 2.05) is 6.92 Å². The van der Waals surface area contributed by atoms with Crippen molar-refractivity contribution in [3.8, 4) is 0 Å². The molecule has 1 N–H and O–H groups in total. The van der Waals surface area contributed by atoms with Gasteiger partial charge < -0.3 is 28.8 Å². The molecule has 0 aromatic carbocycles. The molecule has 0 fully saturated rings. The monoisotopic (exact) mass is 294 g/mol. The lowest BCUT2D eigenvalue weighted by Crippen LogP contribution is -2.42. The van der Waals surface area contributed by atoms with Gasteiger partial charge >= 0.3 is 0 Å². The van der Waals surface area contributed by atoms with E-state index >= 15 is 0 Å². The van der Waals surface area contributed by atoms with Crippen LogP contribution in [-0.2, 0) is 23.7 Å². The van der Waals surface area contributed by atoms with Gasteiger partial charge in [0.2, 0.25) is 0 Å². The van der Waals surface area contributed by atoms with Crippen molar-refractivity contribution in [2.45, 2.75) is 6.92 Å². The molecule has 0 amide bonds. The topological polar surface area (TPSA) is 66.4 Å². The first-order valence-electron chi connectivity index (χ1n) is 6.66. The predicted molar refractivity (Wildman–Crippen MR) is 75.9 cm³/mol. The van der Waals surface area contributed by atoms with E-state index < -0.39 is 5.41 Å². The molecule has 6 nitrogen and oxygen atoms in total. The molecule has 0 spiro atoms. The van der Waals surface area contributed by atoms with Crippen LogP contribution < -0.4 is 0 Å². The SMILES string of the molecule is COCC(C)(COC)COCC(CO)(COC)COC. The molecule has 0 atom stereocenters. The van der Waals surface area contributed by atoms with Gasteiger partial charge in [-0.1, -0.05) is 6.92 Å². The second-order valence-electron chi connectivity index (χ2n) is 5.69. The number of ether oxygens (including phenoxy) is 5. The lowest BCUT2D eigenvalue weighted by Gasteiger charge is -2.33. The van der Waals surface area contributed by atoms with Crippen LogP contribution in [0.1, 0.15) is 6.92 Å². The fraction of sp³-hybridized carbons (Fsp3) is 1.00. The fourth-order valence-electron chi connectivity index (χ4n) is 2.21. The smallest absolute Gasteiger partial charge is 0.0634 e. The van der Waals surface area contributed by atoms with Gasteiger partial charge in [0.1, 0.15) is 0 Å². The van der Waals surface area contributed by atoms with E-state index in [0.717, 1.165) is 0 Å². The lowest BCUT2D eigenvalue weighted by molar-refractivity contribution is -0.104. The Morgan fingerprint density at radius 2 is 1.15 bits per heavy atom. The first-order chi connectivity index (χ1) is 9.51. The Kier molecular flexibility index (Phi) is 10.4. The number of aliphatic hydroxyl groups excluding tert-OH is 1. The van der Waals surface area contributed by atoms with Crippen molar-refractivity contribution in [1.29, 1.82) is 0 Å². The summed E-state index contributed by atoms with van der Waals surface area (Å²) < 4.78 is 26.5. The molecule has 0 aromatic heterocycles. The number of hydrogen-bond donors (Lipinski definition) is 1. The highest BCUT2D eigenvalue weighted by Crippen LogP contribution is 2.22. The third kappa shape index (κ3) is 6.97. The van der Waals surface area contributed by atoms with Gasteiger partial charge in [-0.2, -0.15) is 0 Å². The van der Waals surface area contributed by atoms with Gasteiger partial charge in [0.25, 0.3) is 0 Å². The zero-order valence-electron chi connectivity index (χ0n) is 13.4. The average Bonchev–Trinajstić information content (AvgIpc) is 2.39. The van der Waals surface area contributed by atoms with Crippen LogP contribution in [0.25, 0.3) is 0 Å².